The molecular formula is H4CaO5Se. The van der Waals surface area contributed by atoms with Crippen molar-refractivity contribution in [2.24, 2.45) is 0 Å². The van der Waals surface area contributed by atoms with Gasteiger partial charge in [-0.2, -0.15) is 0 Å². The van der Waals surface area contributed by atoms with Crippen molar-refractivity contribution < 1.29 is 23.2 Å². The molecule has 0 aromatic carbocycles. The van der Waals surface area contributed by atoms with E-state index in [0.717, 1.165) is 0 Å². The zero-order valence-corrected chi connectivity index (χ0v) is 7.26. The third-order valence-corrected chi connectivity index (χ3v) is 0. The van der Waals surface area contributed by atoms with E-state index in [2.05, 4.69) is 0 Å². The average Bonchev–Trinajstić information content (AvgIpc) is 0.811. The summed E-state index contributed by atoms with van der Waals surface area (Å²) >= 11 is -3.79. The predicted octanol–water partition coefficient (Wildman–Crippen LogP) is -4.91. The molecule has 0 unspecified atom stereocenters. The van der Waals surface area contributed by atoms with Crippen molar-refractivity contribution in [3.8, 4) is 0 Å². The summed E-state index contributed by atoms with van der Waals surface area (Å²) < 4.78 is 25.6. The smallest absolute Gasteiger partial charge is 2.00 e. The van der Waals surface area contributed by atoms with E-state index in [-0.39, 0.29) is 48.7 Å². The maximum Gasteiger partial charge on any atom is 2.00 e. The summed E-state index contributed by atoms with van der Waals surface area (Å²) in [6.07, 6.45) is 0. The quantitative estimate of drug-likeness (QED) is 0.366. The van der Waals surface area contributed by atoms with Gasteiger partial charge in [-0.05, 0) is 0 Å². The molecule has 0 radical (unpaired) electrons. The van der Waals surface area contributed by atoms with Crippen LogP contribution in [0.3, 0.4) is 0 Å². The first kappa shape index (κ1) is 23.7. The van der Waals surface area contributed by atoms with Gasteiger partial charge in [-0.15, -0.1) is 0 Å². The number of hydrogen-bond donors (Lipinski definition) is 0. The maximum absolute atomic E-state index is 8.54. The van der Waals surface area contributed by atoms with Crippen molar-refractivity contribution in [3.63, 3.8) is 0 Å². The molecule has 0 heterocycles. The van der Waals surface area contributed by atoms with Crippen LogP contribution in [0, 0.1) is 0 Å². The Bertz CT molecular complexity index is 31.1. The van der Waals surface area contributed by atoms with Crippen LogP contribution in [0.2, 0.25) is 0 Å². The van der Waals surface area contributed by atoms with E-state index >= 15 is 0 Å². The number of hydrogen-bond acceptors (Lipinski definition) is 3. The predicted molar refractivity (Wildman–Crippen MR) is 19.4 cm³/mol. The maximum atomic E-state index is 8.54. The topological polar surface area (TPSA) is 126 Å². The van der Waals surface area contributed by atoms with Crippen molar-refractivity contribution in [2.75, 3.05) is 0 Å². The number of rotatable bonds is 0. The monoisotopic (exact) mass is 204 g/mol. The molecule has 0 aromatic heterocycles. The van der Waals surface area contributed by atoms with Gasteiger partial charge >= 0.3 is 64.4 Å². The molecule has 0 atom stereocenters. The van der Waals surface area contributed by atoms with E-state index in [9.17, 15) is 0 Å². The second-order valence-electron chi connectivity index (χ2n) is 0.204. The van der Waals surface area contributed by atoms with E-state index in [0.29, 0.717) is 0 Å². The van der Waals surface area contributed by atoms with Crippen molar-refractivity contribution in [2.45, 2.75) is 0 Å². The molecule has 0 fully saturated rings. The standard InChI is InChI=1S/Ca.H2O3Se.2H2O/c;1-4(2)3;;/h;(H2,1,2,3);2*1H2/q+2;;;/p-2. The Labute approximate surface area is 74.7 Å². The molecule has 0 aliphatic rings. The van der Waals surface area contributed by atoms with Crippen LogP contribution < -0.4 is 8.38 Å². The first-order chi connectivity index (χ1) is 1.73. The van der Waals surface area contributed by atoms with Crippen LogP contribution in [0.1, 0.15) is 0 Å². The first-order valence-corrected chi connectivity index (χ1v) is 2.60. The minimum atomic E-state index is -3.79. The summed E-state index contributed by atoms with van der Waals surface area (Å²) in [5.74, 6) is 0. The molecule has 7 heavy (non-hydrogen) atoms. The Morgan fingerprint density at radius 1 is 1.14 bits per heavy atom. The van der Waals surface area contributed by atoms with Gasteiger partial charge in [-0.25, -0.2) is 0 Å². The molecule has 42 valence electrons. The van der Waals surface area contributed by atoms with Gasteiger partial charge in [-0.1, -0.05) is 0 Å². The SMILES string of the molecule is O.O.O=[Se]([O-])[O-].[Ca+2]. The Hall–Kier alpha value is 1.42. The molecule has 7 heteroatoms. The molecule has 0 saturated carbocycles. The molecule has 0 saturated heterocycles. The summed E-state index contributed by atoms with van der Waals surface area (Å²) in [5.41, 5.74) is 0. The fraction of sp³-hybridized carbons (Fsp3) is 0. The Morgan fingerprint density at radius 3 is 1.14 bits per heavy atom. The van der Waals surface area contributed by atoms with Gasteiger partial charge in [0, 0.05) is 0 Å². The average molecular weight is 203 g/mol. The summed E-state index contributed by atoms with van der Waals surface area (Å²) in [5, 5.41) is 0. The molecule has 0 bridgehead atoms. The Morgan fingerprint density at radius 2 is 1.14 bits per heavy atom. The van der Waals surface area contributed by atoms with E-state index < -0.39 is 14.5 Å². The molecule has 0 rings (SSSR count). The molecular weight excluding hydrogens is 199 g/mol. The molecule has 5 nitrogen and oxygen atoms in total. The van der Waals surface area contributed by atoms with Crippen LogP contribution in [-0.2, 0) is 3.83 Å². The molecule has 0 aliphatic carbocycles. The normalized spacial score (nSPS) is 5.00. The summed E-state index contributed by atoms with van der Waals surface area (Å²) in [4.78, 5) is 0. The first-order valence-electron chi connectivity index (χ1n) is 0.500. The minimum absolute atomic E-state index is 0. The molecule has 0 aromatic rings. The van der Waals surface area contributed by atoms with Crippen molar-refractivity contribution in [1.29, 1.82) is 0 Å². The van der Waals surface area contributed by atoms with Gasteiger partial charge in [0.05, 0.1) is 0 Å². The van der Waals surface area contributed by atoms with Gasteiger partial charge in [0.2, 0.25) is 0 Å². The fourth-order valence-corrected chi connectivity index (χ4v) is 0. The van der Waals surface area contributed by atoms with Crippen LogP contribution in [0.4, 0.5) is 0 Å². The van der Waals surface area contributed by atoms with Crippen LogP contribution in [0.5, 0.6) is 0 Å². The van der Waals surface area contributed by atoms with E-state index in [1.165, 1.54) is 0 Å². The molecule has 4 N–H and O–H groups in total. The van der Waals surface area contributed by atoms with Gasteiger partial charge in [0.1, 0.15) is 0 Å². The van der Waals surface area contributed by atoms with E-state index in [1.807, 2.05) is 0 Å². The molecule has 0 spiro atoms. The zero-order valence-electron chi connectivity index (χ0n) is 3.34. The van der Waals surface area contributed by atoms with Gasteiger partial charge < -0.3 is 11.0 Å². The Kier molecular flexibility index (Phi) is 53.1. The molecule has 0 amide bonds. The molecule has 0 aliphatic heterocycles. The van der Waals surface area contributed by atoms with Crippen LogP contribution in [0.25, 0.3) is 0 Å². The van der Waals surface area contributed by atoms with Gasteiger partial charge in [0.15, 0.2) is 0 Å². The van der Waals surface area contributed by atoms with Crippen LogP contribution in [-0.4, -0.2) is 63.2 Å². The second-order valence-corrected chi connectivity index (χ2v) is 1.06. The van der Waals surface area contributed by atoms with Crippen molar-refractivity contribution >= 4 is 52.2 Å². The Balaban J connectivity index is -0.0000000150. The summed E-state index contributed by atoms with van der Waals surface area (Å²) in [6.45, 7) is 0. The third-order valence-electron chi connectivity index (χ3n) is 0. The van der Waals surface area contributed by atoms with Crippen LogP contribution in [0.15, 0.2) is 0 Å². The van der Waals surface area contributed by atoms with Gasteiger partial charge in [-0.3, -0.25) is 0 Å². The largest absolute Gasteiger partial charge is 2.00 e. The van der Waals surface area contributed by atoms with E-state index in [4.69, 9.17) is 12.2 Å². The second kappa shape index (κ2) is 15.7. The minimum Gasteiger partial charge on any atom is 2.00 e. The summed E-state index contributed by atoms with van der Waals surface area (Å²) in [6, 6.07) is 0. The van der Waals surface area contributed by atoms with Crippen LogP contribution >= 0.6 is 0 Å². The summed E-state index contributed by atoms with van der Waals surface area (Å²) in [7, 11) is 0. The third kappa shape index (κ3) is 108. The van der Waals surface area contributed by atoms with Crippen molar-refractivity contribution in [1.82, 2.24) is 0 Å². The van der Waals surface area contributed by atoms with Crippen molar-refractivity contribution in [3.05, 3.63) is 0 Å². The zero-order chi connectivity index (χ0) is 3.58. The fourth-order valence-electron chi connectivity index (χ4n) is 0. The van der Waals surface area contributed by atoms with Gasteiger partial charge in [0.25, 0.3) is 0 Å². The van der Waals surface area contributed by atoms with E-state index in [1.54, 1.807) is 0 Å².